The van der Waals surface area contributed by atoms with Gasteiger partial charge in [0.1, 0.15) is 19.0 Å². The summed E-state index contributed by atoms with van der Waals surface area (Å²) in [5.74, 6) is 2.64. The molecule has 144 valence electrons. The molecule has 0 unspecified atom stereocenters. The lowest BCUT2D eigenvalue weighted by atomic mass is 10.0. The van der Waals surface area contributed by atoms with Crippen LogP contribution in [-0.4, -0.2) is 29.5 Å². The number of halogens is 1. The minimum Gasteiger partial charge on any atom is -0.486 e. The number of aromatic nitrogens is 2. The molecule has 0 amide bonds. The molecule has 3 heterocycles. The van der Waals surface area contributed by atoms with Crippen LogP contribution in [0.25, 0.3) is 5.69 Å². The lowest BCUT2D eigenvalue weighted by molar-refractivity contribution is 0.171. The van der Waals surface area contributed by atoms with Gasteiger partial charge in [-0.25, -0.2) is 4.68 Å². The Morgan fingerprint density at radius 3 is 2.79 bits per heavy atom. The van der Waals surface area contributed by atoms with Crippen LogP contribution < -0.4 is 14.8 Å². The van der Waals surface area contributed by atoms with Crippen molar-refractivity contribution >= 4 is 17.4 Å². The van der Waals surface area contributed by atoms with Crippen molar-refractivity contribution in [3.8, 4) is 17.2 Å². The molecule has 0 saturated carbocycles. The highest BCUT2D eigenvalue weighted by molar-refractivity contribution is 6.31. The highest BCUT2D eigenvalue weighted by Crippen LogP contribution is 2.35. The van der Waals surface area contributed by atoms with Gasteiger partial charge >= 0.3 is 0 Å². The van der Waals surface area contributed by atoms with Crippen molar-refractivity contribution in [2.24, 2.45) is 0 Å². The monoisotopic (exact) mass is 395 g/mol. The van der Waals surface area contributed by atoms with Crippen LogP contribution in [0.1, 0.15) is 29.7 Å². The SMILES string of the molecule is Clc1ccccc1Cc1nn(-c2ccc3c(c2)OCCO3)c2c1CCCCN2. The Bertz CT molecular complexity index is 1020. The maximum absolute atomic E-state index is 6.41. The molecule has 0 saturated heterocycles. The molecule has 2 aliphatic rings. The van der Waals surface area contributed by atoms with Gasteiger partial charge in [0.2, 0.25) is 0 Å². The Kier molecular flexibility index (Phi) is 4.61. The van der Waals surface area contributed by atoms with Crippen molar-refractivity contribution in [3.05, 3.63) is 64.3 Å². The summed E-state index contributed by atoms with van der Waals surface area (Å²) in [4.78, 5) is 0. The standard InChI is InChI=1S/C22H22ClN3O2/c23-18-7-2-1-5-15(18)13-19-17-6-3-4-10-24-22(17)26(25-19)16-8-9-20-21(14-16)28-12-11-27-20/h1-2,5,7-9,14,24H,3-4,6,10-13H2. The van der Waals surface area contributed by atoms with Crippen molar-refractivity contribution in [1.29, 1.82) is 0 Å². The van der Waals surface area contributed by atoms with Crippen LogP contribution >= 0.6 is 11.6 Å². The molecule has 5 nitrogen and oxygen atoms in total. The summed E-state index contributed by atoms with van der Waals surface area (Å²) in [5, 5.41) is 9.36. The molecule has 2 aromatic carbocycles. The van der Waals surface area contributed by atoms with Gasteiger partial charge in [-0.15, -0.1) is 0 Å². The number of hydrogen-bond acceptors (Lipinski definition) is 4. The molecule has 0 fully saturated rings. The first-order valence-electron chi connectivity index (χ1n) is 9.77. The summed E-state index contributed by atoms with van der Waals surface area (Å²) in [6.45, 7) is 2.12. The van der Waals surface area contributed by atoms with E-state index >= 15 is 0 Å². The molecule has 0 bridgehead atoms. The van der Waals surface area contributed by atoms with Gasteiger partial charge in [0.15, 0.2) is 11.5 Å². The van der Waals surface area contributed by atoms with E-state index < -0.39 is 0 Å². The van der Waals surface area contributed by atoms with E-state index in [1.165, 1.54) is 5.56 Å². The first-order chi connectivity index (χ1) is 13.8. The number of rotatable bonds is 3. The van der Waals surface area contributed by atoms with Gasteiger partial charge in [-0.2, -0.15) is 5.10 Å². The first-order valence-corrected chi connectivity index (χ1v) is 10.2. The third-order valence-electron chi connectivity index (χ3n) is 5.30. The van der Waals surface area contributed by atoms with Crippen LogP contribution in [-0.2, 0) is 12.8 Å². The maximum Gasteiger partial charge on any atom is 0.163 e. The second-order valence-electron chi connectivity index (χ2n) is 7.17. The third-order valence-corrected chi connectivity index (χ3v) is 5.67. The van der Waals surface area contributed by atoms with Crippen LogP contribution in [0.3, 0.4) is 0 Å². The highest BCUT2D eigenvalue weighted by atomic mass is 35.5. The van der Waals surface area contributed by atoms with Gasteiger partial charge in [0.05, 0.1) is 11.4 Å². The zero-order valence-electron chi connectivity index (χ0n) is 15.6. The van der Waals surface area contributed by atoms with Crippen LogP contribution in [0.5, 0.6) is 11.5 Å². The number of anilines is 1. The highest BCUT2D eigenvalue weighted by Gasteiger charge is 2.22. The van der Waals surface area contributed by atoms with E-state index in [1.807, 2.05) is 41.1 Å². The Morgan fingerprint density at radius 1 is 1.04 bits per heavy atom. The lowest BCUT2D eigenvalue weighted by Gasteiger charge is -2.19. The average molecular weight is 396 g/mol. The van der Waals surface area contributed by atoms with Crippen molar-refractivity contribution in [1.82, 2.24) is 9.78 Å². The lowest BCUT2D eigenvalue weighted by Crippen LogP contribution is -2.15. The third kappa shape index (κ3) is 3.20. The smallest absolute Gasteiger partial charge is 0.163 e. The van der Waals surface area contributed by atoms with E-state index in [2.05, 4.69) is 11.4 Å². The number of benzene rings is 2. The molecular weight excluding hydrogens is 374 g/mol. The topological polar surface area (TPSA) is 48.3 Å². The summed E-state index contributed by atoms with van der Waals surface area (Å²) < 4.78 is 13.4. The van der Waals surface area contributed by atoms with Crippen molar-refractivity contribution < 1.29 is 9.47 Å². The number of hydrogen-bond donors (Lipinski definition) is 1. The number of nitrogens with one attached hydrogen (secondary N) is 1. The molecule has 5 rings (SSSR count). The molecule has 28 heavy (non-hydrogen) atoms. The quantitative estimate of drug-likeness (QED) is 0.702. The summed E-state index contributed by atoms with van der Waals surface area (Å²) in [6, 6.07) is 14.0. The van der Waals surface area contributed by atoms with Crippen LogP contribution in [0, 0.1) is 0 Å². The number of fused-ring (bicyclic) bond motifs is 2. The second-order valence-corrected chi connectivity index (χ2v) is 7.57. The predicted octanol–water partition coefficient (Wildman–Crippen LogP) is 4.64. The summed E-state index contributed by atoms with van der Waals surface area (Å²) in [5.41, 5.74) is 4.43. The van der Waals surface area contributed by atoms with Gasteiger partial charge in [-0.3, -0.25) is 0 Å². The molecule has 0 spiro atoms. The van der Waals surface area contributed by atoms with Crippen LogP contribution in [0.4, 0.5) is 5.82 Å². The zero-order valence-corrected chi connectivity index (χ0v) is 16.3. The molecule has 0 aliphatic carbocycles. The minimum atomic E-state index is 0.573. The average Bonchev–Trinajstić information content (AvgIpc) is 2.89. The number of nitrogens with zero attached hydrogens (tertiary/aromatic N) is 2. The number of ether oxygens (including phenoxy) is 2. The fraction of sp³-hybridized carbons (Fsp3) is 0.318. The molecule has 1 aromatic heterocycles. The largest absolute Gasteiger partial charge is 0.486 e. The Hall–Kier alpha value is -2.66. The van der Waals surface area contributed by atoms with E-state index in [4.69, 9.17) is 26.2 Å². The Morgan fingerprint density at radius 2 is 1.89 bits per heavy atom. The maximum atomic E-state index is 6.41. The zero-order chi connectivity index (χ0) is 18.9. The molecule has 6 heteroatoms. The first kappa shape index (κ1) is 17.4. The van der Waals surface area contributed by atoms with Crippen molar-refractivity contribution in [2.75, 3.05) is 25.1 Å². The molecule has 0 radical (unpaired) electrons. The summed E-state index contributed by atoms with van der Waals surface area (Å²) in [6.07, 6.45) is 4.05. The molecule has 3 aromatic rings. The summed E-state index contributed by atoms with van der Waals surface area (Å²) in [7, 11) is 0. The molecule has 1 N–H and O–H groups in total. The van der Waals surface area contributed by atoms with Crippen LogP contribution in [0.15, 0.2) is 42.5 Å². The Labute approximate surface area is 169 Å². The summed E-state index contributed by atoms with van der Waals surface area (Å²) >= 11 is 6.41. The molecule has 2 aliphatic heterocycles. The van der Waals surface area contributed by atoms with E-state index in [0.717, 1.165) is 71.5 Å². The fourth-order valence-corrected chi connectivity index (χ4v) is 4.09. The van der Waals surface area contributed by atoms with Gasteiger partial charge in [-0.05, 0) is 43.0 Å². The van der Waals surface area contributed by atoms with Gasteiger partial charge in [0.25, 0.3) is 0 Å². The predicted molar refractivity (Wildman–Crippen MR) is 110 cm³/mol. The van der Waals surface area contributed by atoms with Crippen molar-refractivity contribution in [3.63, 3.8) is 0 Å². The van der Waals surface area contributed by atoms with Crippen LogP contribution in [0.2, 0.25) is 5.02 Å². The van der Waals surface area contributed by atoms with E-state index in [-0.39, 0.29) is 0 Å². The van der Waals surface area contributed by atoms with Gasteiger partial charge < -0.3 is 14.8 Å². The van der Waals surface area contributed by atoms with Crippen molar-refractivity contribution in [2.45, 2.75) is 25.7 Å². The van der Waals surface area contributed by atoms with E-state index in [9.17, 15) is 0 Å². The normalized spacial score (nSPS) is 15.5. The molecule has 0 atom stereocenters. The van der Waals surface area contributed by atoms with E-state index in [0.29, 0.717) is 13.2 Å². The van der Waals surface area contributed by atoms with Gasteiger partial charge in [0, 0.05) is 29.6 Å². The molecular formula is C22H22ClN3O2. The minimum absolute atomic E-state index is 0.573. The van der Waals surface area contributed by atoms with Gasteiger partial charge in [-0.1, -0.05) is 29.8 Å². The second kappa shape index (κ2) is 7.40. The van der Waals surface area contributed by atoms with E-state index in [1.54, 1.807) is 0 Å². The Balaban J connectivity index is 1.58. The fourth-order valence-electron chi connectivity index (χ4n) is 3.89.